The fraction of sp³-hybridized carbons (Fsp3) is 0.429. The number of rotatable bonds is 21. The highest BCUT2D eigenvalue weighted by atomic mass is 32.2. The van der Waals surface area contributed by atoms with Crippen LogP contribution in [0.4, 0.5) is 11.4 Å². The zero-order chi connectivity index (χ0) is 44.8. The van der Waals surface area contributed by atoms with E-state index in [1.165, 1.54) is 24.3 Å². The van der Waals surface area contributed by atoms with Crippen LogP contribution in [0.3, 0.4) is 0 Å². The topological polar surface area (TPSA) is 241 Å². The van der Waals surface area contributed by atoms with E-state index in [1.54, 1.807) is 6.07 Å². The van der Waals surface area contributed by atoms with Gasteiger partial charge in [0.1, 0.15) is 6.54 Å². The number of carbonyl (C=O) groups is 1. The van der Waals surface area contributed by atoms with Crippen LogP contribution in [0.25, 0.3) is 0 Å². The minimum absolute atomic E-state index is 0.0621. The van der Waals surface area contributed by atoms with Crippen LogP contribution >= 0.6 is 0 Å². The van der Waals surface area contributed by atoms with Gasteiger partial charge in [-0.25, -0.2) is 4.79 Å². The maximum atomic E-state index is 12.4. The number of carbonyl (C=O) groups excluding carboxylic acids is 1. The fourth-order valence-electron chi connectivity index (χ4n) is 8.11. The number of aromatic hydroxyl groups is 2. The molecule has 0 aliphatic carbocycles. The minimum atomic E-state index is -4.49. The van der Waals surface area contributed by atoms with Gasteiger partial charge in [0.15, 0.2) is 5.71 Å². The summed E-state index contributed by atoms with van der Waals surface area (Å²) in [5, 5.41) is 19.6. The summed E-state index contributed by atoms with van der Waals surface area (Å²) in [6.45, 7) is 6.83. The van der Waals surface area contributed by atoms with Gasteiger partial charge in [0, 0.05) is 66.0 Å². The quantitative estimate of drug-likeness (QED) is 0.0344. The highest BCUT2D eigenvalue weighted by molar-refractivity contribution is 7.86. The molecule has 3 aromatic rings. The number of fused-ring (bicyclic) bond motifs is 2. The number of benzene rings is 2. The molecule has 2 aliphatic heterocycles. The number of anilines is 1. The van der Waals surface area contributed by atoms with Gasteiger partial charge < -0.3 is 20.0 Å². The molecule has 61 heavy (non-hydrogen) atoms. The monoisotopic (exact) mass is 904 g/mol. The summed E-state index contributed by atoms with van der Waals surface area (Å²) < 4.78 is 101. The molecule has 5 N–H and O–H groups in total. The van der Waals surface area contributed by atoms with Crippen molar-refractivity contribution < 1.29 is 63.3 Å². The summed E-state index contributed by atoms with van der Waals surface area (Å²) in [5.74, 6) is -2.17. The van der Waals surface area contributed by atoms with Crippen LogP contribution in [0.1, 0.15) is 89.7 Å². The summed E-state index contributed by atoms with van der Waals surface area (Å²) >= 11 is 0. The van der Waals surface area contributed by atoms with Crippen molar-refractivity contribution in [3.05, 3.63) is 102 Å². The smallest absolute Gasteiger partial charge is 0.333 e. The summed E-state index contributed by atoms with van der Waals surface area (Å²) in [4.78, 5) is 19.4. The van der Waals surface area contributed by atoms with Gasteiger partial charge in [0.05, 0.1) is 21.8 Å². The van der Waals surface area contributed by atoms with Crippen molar-refractivity contribution in [2.24, 2.45) is 0 Å². The van der Waals surface area contributed by atoms with Crippen molar-refractivity contribution in [2.75, 3.05) is 29.5 Å². The Morgan fingerprint density at radius 3 is 2.07 bits per heavy atom. The molecular weight excluding hydrogens is 851 g/mol. The Hall–Kier alpha value is -4.79. The third kappa shape index (κ3) is 11.8. The molecule has 0 spiro atoms. The molecule has 1 aromatic heterocycles. The first-order chi connectivity index (χ1) is 28.5. The number of nitrogens with zero attached hydrogens (tertiary/aromatic N) is 3. The highest BCUT2D eigenvalue weighted by Gasteiger charge is 2.45. The zero-order valence-corrected chi connectivity index (χ0v) is 36.8. The van der Waals surface area contributed by atoms with Gasteiger partial charge >= 0.3 is 5.97 Å². The largest absolute Gasteiger partial charge is 0.492 e. The molecule has 19 heteroatoms. The number of para-hydroxylation sites is 1. The van der Waals surface area contributed by atoms with Gasteiger partial charge in [-0.1, -0.05) is 49.3 Å². The van der Waals surface area contributed by atoms with Gasteiger partial charge in [-0.3, -0.25) is 13.7 Å². The molecule has 3 heterocycles. The van der Waals surface area contributed by atoms with Gasteiger partial charge in [0.25, 0.3) is 30.4 Å². The predicted octanol–water partition coefficient (Wildman–Crippen LogP) is 6.24. The summed E-state index contributed by atoms with van der Waals surface area (Å²) in [6, 6.07) is 14.7. The van der Waals surface area contributed by atoms with Gasteiger partial charge in [0.2, 0.25) is 17.4 Å². The SMILES string of the molecule is CC1(C)C(C=CC=CC=C2N(CCCCS(=O)(=O)O)c3ccccc3C2(C)CCCCCC(=O)On2c(O)ccc2O)=[N+](CCCCS(=O)(=O)O)c2ccc(S(=O)(=O)O)cc21. The minimum Gasteiger partial charge on any atom is -0.492 e. The second-order valence-corrected chi connectivity index (χ2v) is 20.5. The van der Waals surface area contributed by atoms with Crippen molar-refractivity contribution in [1.29, 1.82) is 0 Å². The number of hydrogen-bond donors (Lipinski definition) is 5. The van der Waals surface area contributed by atoms with Crippen LogP contribution in [-0.4, -0.2) is 94.7 Å². The zero-order valence-electron chi connectivity index (χ0n) is 34.3. The first kappa shape index (κ1) is 47.3. The van der Waals surface area contributed by atoms with Crippen LogP contribution < -0.4 is 9.74 Å². The average Bonchev–Trinajstić information content (AvgIpc) is 3.69. The van der Waals surface area contributed by atoms with E-state index in [1.807, 2.05) is 67.0 Å². The van der Waals surface area contributed by atoms with E-state index in [0.717, 1.165) is 29.1 Å². The van der Waals surface area contributed by atoms with Crippen LogP contribution in [0.2, 0.25) is 0 Å². The molecular formula is C42H54N3O13S3+. The maximum Gasteiger partial charge on any atom is 0.333 e. The second-order valence-electron chi connectivity index (χ2n) is 16.0. The van der Waals surface area contributed by atoms with Crippen LogP contribution in [0.15, 0.2) is 95.6 Å². The number of allylic oxidation sites excluding steroid dienone is 6. The highest BCUT2D eigenvalue weighted by Crippen LogP contribution is 2.51. The van der Waals surface area contributed by atoms with E-state index in [9.17, 15) is 53.9 Å². The third-order valence-electron chi connectivity index (χ3n) is 11.2. The Kier molecular flexibility index (Phi) is 14.8. The van der Waals surface area contributed by atoms with E-state index in [4.69, 9.17) is 4.84 Å². The maximum absolute atomic E-state index is 12.4. The van der Waals surface area contributed by atoms with E-state index < -0.39 is 64.7 Å². The lowest BCUT2D eigenvalue weighted by molar-refractivity contribution is -0.438. The standard InChI is InChI=1S/C42H53N3O13S3/c1-41(2)33-30-31(61(55,56)57)21-22-35(33)43(26-12-14-28-59(49,50)51)36(41)18-6-4-7-19-37-42(3,25-11-5-8-20-40(48)58-45-38(46)23-24-39(45)47)32-16-9-10-17-34(32)44(37)27-13-15-29-60(52,53)54/h4,6-7,9-10,16-19,21-24,30H,5,8,11-15,20,25-29H2,1-3H3,(H4-,46,47,49,50,51,52,53,54,55,56,57)/p+1. The molecule has 16 nitrogen and oxygen atoms in total. The fourth-order valence-corrected chi connectivity index (χ4v) is 9.75. The Labute approximate surface area is 357 Å². The predicted molar refractivity (Wildman–Crippen MR) is 230 cm³/mol. The Morgan fingerprint density at radius 1 is 0.754 bits per heavy atom. The molecule has 2 aliphatic rings. The molecule has 5 rings (SSSR count). The van der Waals surface area contributed by atoms with Crippen LogP contribution in [-0.2, 0) is 46.0 Å². The Bertz CT molecular complexity index is 2560. The molecule has 0 amide bonds. The lowest BCUT2D eigenvalue weighted by Crippen LogP contribution is -2.29. The van der Waals surface area contributed by atoms with Crippen molar-refractivity contribution in [2.45, 2.75) is 94.3 Å². The van der Waals surface area contributed by atoms with E-state index in [2.05, 4.69) is 17.9 Å². The lowest BCUT2D eigenvalue weighted by atomic mass is 9.77. The van der Waals surface area contributed by atoms with Crippen molar-refractivity contribution in [3.8, 4) is 11.8 Å². The first-order valence-electron chi connectivity index (χ1n) is 19.9. The van der Waals surface area contributed by atoms with Crippen molar-refractivity contribution >= 4 is 53.4 Å². The van der Waals surface area contributed by atoms with Gasteiger partial charge in [-0.05, 0) is 82.7 Å². The molecule has 0 radical (unpaired) electrons. The van der Waals surface area contributed by atoms with E-state index in [0.29, 0.717) is 61.2 Å². The van der Waals surface area contributed by atoms with E-state index in [-0.39, 0.29) is 29.9 Å². The molecule has 332 valence electrons. The molecule has 1 atom stereocenters. The van der Waals surface area contributed by atoms with Crippen LogP contribution in [0, 0.1) is 0 Å². The number of hydrogen-bond acceptors (Lipinski definition) is 11. The molecule has 2 aromatic carbocycles. The lowest BCUT2D eigenvalue weighted by Gasteiger charge is -2.30. The molecule has 1 unspecified atom stereocenters. The van der Waals surface area contributed by atoms with Crippen molar-refractivity contribution in [1.82, 2.24) is 4.73 Å². The molecule has 0 saturated carbocycles. The normalized spacial score (nSPS) is 18.5. The Morgan fingerprint density at radius 2 is 1.41 bits per heavy atom. The molecule has 0 bridgehead atoms. The van der Waals surface area contributed by atoms with Gasteiger partial charge in [-0.15, -0.1) is 4.73 Å². The number of aromatic nitrogens is 1. The summed E-state index contributed by atoms with van der Waals surface area (Å²) in [6.07, 6.45) is 13.5. The average molecular weight is 905 g/mol. The number of unbranched alkanes of at least 4 members (excludes halogenated alkanes) is 4. The first-order valence-corrected chi connectivity index (χ1v) is 24.6. The molecule has 0 fully saturated rings. The Balaban J connectivity index is 1.40. The summed E-state index contributed by atoms with van der Waals surface area (Å²) in [7, 11) is -12.8. The molecule has 0 saturated heterocycles. The second kappa shape index (κ2) is 19.1. The third-order valence-corrected chi connectivity index (χ3v) is 13.6. The van der Waals surface area contributed by atoms with Crippen LogP contribution in [0.5, 0.6) is 11.8 Å². The summed E-state index contributed by atoms with van der Waals surface area (Å²) in [5.41, 5.74) is 3.94. The van der Waals surface area contributed by atoms with Gasteiger partial charge in [-0.2, -0.15) is 29.8 Å². The van der Waals surface area contributed by atoms with Crippen molar-refractivity contribution in [3.63, 3.8) is 0 Å². The van der Waals surface area contributed by atoms with E-state index >= 15 is 0 Å².